The van der Waals surface area contributed by atoms with Gasteiger partial charge in [0.25, 0.3) is 0 Å². The van der Waals surface area contributed by atoms with Crippen molar-refractivity contribution in [2.75, 3.05) is 54.6 Å². The molecule has 0 unspecified atom stereocenters. The lowest BCUT2D eigenvalue weighted by atomic mass is 9.99. The maximum Gasteiger partial charge on any atom is 0.164 e. The molecule has 0 fully saturated rings. The third-order valence-electron chi connectivity index (χ3n) is 6.77. The van der Waals surface area contributed by atoms with Crippen LogP contribution in [0.2, 0.25) is 0 Å². The number of unbranched alkanes of at least 4 members (excludes halogenated alkanes) is 2. The zero-order valence-electron chi connectivity index (χ0n) is 23.6. The van der Waals surface area contributed by atoms with Crippen LogP contribution in [0.1, 0.15) is 55.4 Å². The lowest BCUT2D eigenvalue weighted by Gasteiger charge is -2.25. The van der Waals surface area contributed by atoms with Crippen molar-refractivity contribution in [1.82, 2.24) is 4.90 Å². The number of hydrogen-bond donors (Lipinski definition) is 1. The van der Waals surface area contributed by atoms with Crippen molar-refractivity contribution in [2.24, 2.45) is 5.73 Å². The predicted molar refractivity (Wildman–Crippen MR) is 159 cm³/mol. The molecule has 0 aromatic heterocycles. The number of hydrogen-bond acceptors (Lipinski definition) is 6. The summed E-state index contributed by atoms with van der Waals surface area (Å²) < 4.78 is 22.4. The van der Waals surface area contributed by atoms with Crippen LogP contribution in [-0.2, 0) is 25.7 Å². The molecular formula is C29H48Cl2N2O4. The Morgan fingerprint density at radius 1 is 0.622 bits per heavy atom. The molecule has 0 atom stereocenters. The van der Waals surface area contributed by atoms with Crippen LogP contribution in [0.25, 0.3) is 0 Å². The molecule has 212 valence electrons. The van der Waals surface area contributed by atoms with Gasteiger partial charge in [-0.2, -0.15) is 0 Å². The van der Waals surface area contributed by atoms with Gasteiger partial charge in [-0.3, -0.25) is 0 Å². The van der Waals surface area contributed by atoms with Crippen molar-refractivity contribution in [3.8, 4) is 23.0 Å². The van der Waals surface area contributed by atoms with Gasteiger partial charge in [0.2, 0.25) is 0 Å². The van der Waals surface area contributed by atoms with Crippen molar-refractivity contribution in [3.63, 3.8) is 0 Å². The van der Waals surface area contributed by atoms with Crippen LogP contribution < -0.4 is 24.7 Å². The van der Waals surface area contributed by atoms with Crippen molar-refractivity contribution < 1.29 is 18.9 Å². The first-order chi connectivity index (χ1) is 17.1. The van der Waals surface area contributed by atoms with Crippen LogP contribution in [0.15, 0.2) is 24.3 Å². The molecule has 0 amide bonds. The second-order valence-corrected chi connectivity index (χ2v) is 8.78. The van der Waals surface area contributed by atoms with Gasteiger partial charge in [-0.25, -0.2) is 0 Å². The molecule has 2 rings (SSSR count). The highest BCUT2D eigenvalue weighted by Crippen LogP contribution is 2.35. The van der Waals surface area contributed by atoms with Gasteiger partial charge in [0.15, 0.2) is 23.0 Å². The Balaban J connectivity index is 0.00000648. The van der Waals surface area contributed by atoms with E-state index >= 15 is 0 Å². The summed E-state index contributed by atoms with van der Waals surface area (Å²) in [5.41, 5.74) is 10.9. The highest BCUT2D eigenvalue weighted by atomic mass is 35.5. The van der Waals surface area contributed by atoms with Crippen molar-refractivity contribution in [2.45, 2.75) is 58.8 Å². The van der Waals surface area contributed by atoms with E-state index in [1.54, 1.807) is 28.4 Å². The summed E-state index contributed by atoms with van der Waals surface area (Å²) >= 11 is 0. The lowest BCUT2D eigenvalue weighted by Crippen LogP contribution is -2.30. The molecule has 2 aromatic rings. The average molecular weight is 560 g/mol. The van der Waals surface area contributed by atoms with Gasteiger partial charge in [0.05, 0.1) is 28.4 Å². The average Bonchev–Trinajstić information content (AvgIpc) is 2.90. The first-order valence-electron chi connectivity index (χ1n) is 13.0. The number of ether oxygens (including phenoxy) is 4. The van der Waals surface area contributed by atoms with E-state index in [4.69, 9.17) is 24.7 Å². The normalized spacial score (nSPS) is 10.5. The summed E-state index contributed by atoms with van der Waals surface area (Å²) in [4.78, 5) is 2.59. The number of nitrogens with zero attached hydrogens (tertiary/aromatic N) is 1. The molecule has 0 saturated carbocycles. The largest absolute Gasteiger partial charge is 0.493 e. The maximum absolute atomic E-state index is 5.72. The molecule has 0 saturated heterocycles. The first-order valence-corrected chi connectivity index (χ1v) is 13.0. The molecule has 0 radical (unpaired) electrons. The third kappa shape index (κ3) is 9.75. The predicted octanol–water partition coefficient (Wildman–Crippen LogP) is 5.91. The molecule has 0 aliphatic rings. The van der Waals surface area contributed by atoms with E-state index in [1.807, 2.05) is 12.1 Å². The Bertz CT molecular complexity index is 844. The highest BCUT2D eigenvalue weighted by Gasteiger charge is 2.17. The molecule has 0 spiro atoms. The minimum absolute atomic E-state index is 0. The van der Waals surface area contributed by atoms with Crippen molar-refractivity contribution in [1.29, 1.82) is 0 Å². The zero-order valence-corrected chi connectivity index (χ0v) is 25.2. The lowest BCUT2D eigenvalue weighted by molar-refractivity contribution is 0.272. The zero-order chi connectivity index (χ0) is 25.6. The van der Waals surface area contributed by atoms with Gasteiger partial charge in [-0.05, 0) is 74.9 Å². The van der Waals surface area contributed by atoms with Crippen LogP contribution in [0.5, 0.6) is 23.0 Å². The number of benzene rings is 2. The van der Waals surface area contributed by atoms with Gasteiger partial charge in [-0.15, -0.1) is 24.8 Å². The fourth-order valence-electron chi connectivity index (χ4n) is 4.86. The SMILES string of the molecule is CCc1c(CCN(CCCCCN)CCc2ccc(OC)c(OC)c2CC)ccc(OC)c1OC.Cl.Cl. The second-order valence-electron chi connectivity index (χ2n) is 8.78. The topological polar surface area (TPSA) is 66.2 Å². The molecule has 0 aliphatic carbocycles. The minimum Gasteiger partial charge on any atom is -0.493 e. The van der Waals surface area contributed by atoms with Crippen LogP contribution in [0.4, 0.5) is 0 Å². The minimum atomic E-state index is 0. The standard InChI is InChI=1S/C29H46N2O4.2ClH/c1-7-24-22(12-14-26(32-3)28(24)34-5)16-20-31(19-11-9-10-18-30)21-17-23-13-15-27(33-4)29(35-6)25(23)8-2;;/h12-15H,7-11,16-21,30H2,1-6H3;2*1H. The van der Waals surface area contributed by atoms with E-state index in [2.05, 4.69) is 30.9 Å². The fourth-order valence-corrected chi connectivity index (χ4v) is 4.86. The van der Waals surface area contributed by atoms with E-state index in [0.717, 1.165) is 87.7 Å². The van der Waals surface area contributed by atoms with Crippen molar-refractivity contribution in [3.05, 3.63) is 46.5 Å². The molecule has 2 N–H and O–H groups in total. The third-order valence-corrected chi connectivity index (χ3v) is 6.77. The van der Waals surface area contributed by atoms with Gasteiger partial charge >= 0.3 is 0 Å². The Hall–Kier alpha value is -1.86. The van der Waals surface area contributed by atoms with Crippen LogP contribution in [0, 0.1) is 0 Å². The van der Waals surface area contributed by atoms with Gasteiger partial charge < -0.3 is 29.6 Å². The van der Waals surface area contributed by atoms with Gasteiger partial charge in [0.1, 0.15) is 0 Å². The van der Waals surface area contributed by atoms with Gasteiger partial charge in [0, 0.05) is 24.2 Å². The van der Waals surface area contributed by atoms with Crippen LogP contribution >= 0.6 is 24.8 Å². The van der Waals surface area contributed by atoms with E-state index in [-0.39, 0.29) is 24.8 Å². The smallest absolute Gasteiger partial charge is 0.164 e. The molecule has 37 heavy (non-hydrogen) atoms. The number of methoxy groups -OCH3 is 4. The van der Waals surface area contributed by atoms with Crippen LogP contribution in [0.3, 0.4) is 0 Å². The molecule has 0 bridgehead atoms. The summed E-state index contributed by atoms with van der Waals surface area (Å²) in [6.45, 7) is 8.18. The summed E-state index contributed by atoms with van der Waals surface area (Å²) in [6, 6.07) is 8.43. The summed E-state index contributed by atoms with van der Waals surface area (Å²) in [5, 5.41) is 0. The maximum atomic E-state index is 5.72. The molecule has 0 heterocycles. The molecule has 0 aliphatic heterocycles. The number of rotatable bonds is 17. The van der Waals surface area contributed by atoms with Gasteiger partial charge in [-0.1, -0.05) is 32.4 Å². The van der Waals surface area contributed by atoms with E-state index in [1.165, 1.54) is 28.7 Å². The Morgan fingerprint density at radius 3 is 1.43 bits per heavy atom. The molecule has 2 aromatic carbocycles. The summed E-state index contributed by atoms with van der Waals surface area (Å²) in [7, 11) is 6.83. The van der Waals surface area contributed by atoms with E-state index in [9.17, 15) is 0 Å². The monoisotopic (exact) mass is 558 g/mol. The second kappa shape index (κ2) is 19.2. The molecule has 6 nitrogen and oxygen atoms in total. The quantitative estimate of drug-likeness (QED) is 0.243. The molecular weight excluding hydrogens is 511 g/mol. The highest BCUT2D eigenvalue weighted by molar-refractivity contribution is 5.85. The van der Waals surface area contributed by atoms with E-state index in [0.29, 0.717) is 0 Å². The Morgan fingerprint density at radius 2 is 1.08 bits per heavy atom. The Kier molecular flexibility index (Phi) is 18.3. The first kappa shape index (κ1) is 35.1. The van der Waals surface area contributed by atoms with E-state index < -0.39 is 0 Å². The fraction of sp³-hybridized carbons (Fsp3) is 0.586. The Labute approximate surface area is 237 Å². The summed E-state index contributed by atoms with van der Waals surface area (Å²) in [6.07, 6.45) is 7.20. The molecule has 8 heteroatoms. The van der Waals surface area contributed by atoms with Crippen molar-refractivity contribution >= 4 is 24.8 Å². The van der Waals surface area contributed by atoms with Crippen LogP contribution in [-0.4, -0.2) is 59.5 Å². The number of nitrogens with two attached hydrogens (primary N) is 1. The number of halogens is 2. The summed E-state index contributed by atoms with van der Waals surface area (Å²) in [5.74, 6) is 3.32.